The zero-order valence-electron chi connectivity index (χ0n) is 10.6. The third-order valence-electron chi connectivity index (χ3n) is 2.93. The van der Waals surface area contributed by atoms with Crippen LogP contribution < -0.4 is 0 Å². The van der Waals surface area contributed by atoms with Gasteiger partial charge in [0.2, 0.25) is 0 Å². The Morgan fingerprint density at radius 2 is 1.88 bits per heavy atom. The van der Waals surface area contributed by atoms with Gasteiger partial charge in [0.05, 0.1) is 5.69 Å². The Morgan fingerprint density at radius 3 is 2.41 bits per heavy atom. The van der Waals surface area contributed by atoms with Crippen LogP contribution in [0.3, 0.4) is 0 Å². The summed E-state index contributed by atoms with van der Waals surface area (Å²) >= 11 is 0. The molecule has 1 N–H and O–H groups in total. The fourth-order valence-electron chi connectivity index (χ4n) is 2.01. The molecule has 17 heavy (non-hydrogen) atoms. The lowest BCUT2D eigenvalue weighted by atomic mass is 9.96. The van der Waals surface area contributed by atoms with Crippen molar-refractivity contribution in [2.24, 2.45) is 0 Å². The zero-order valence-corrected chi connectivity index (χ0v) is 10.6. The number of phenols is 1. The molecule has 0 saturated heterocycles. The number of phenolic OH excluding ortho intramolecular Hbond substituents is 1. The number of rotatable bonds is 2. The smallest absolute Gasteiger partial charge is 0.141 e. The minimum Gasteiger partial charge on any atom is -0.508 e. The highest BCUT2D eigenvalue weighted by Crippen LogP contribution is 2.32. The van der Waals surface area contributed by atoms with Gasteiger partial charge in [0.15, 0.2) is 0 Å². The van der Waals surface area contributed by atoms with Crippen LogP contribution in [0, 0.1) is 13.8 Å². The second-order valence-electron chi connectivity index (χ2n) is 4.67. The Balaban J connectivity index is 2.60. The van der Waals surface area contributed by atoms with Gasteiger partial charge < -0.3 is 9.63 Å². The van der Waals surface area contributed by atoms with Gasteiger partial charge in [-0.3, -0.25) is 0 Å². The molecule has 0 bridgehead atoms. The number of hydrogen-bond acceptors (Lipinski definition) is 3. The van der Waals surface area contributed by atoms with Crippen molar-refractivity contribution in [3.05, 3.63) is 35.2 Å². The van der Waals surface area contributed by atoms with Gasteiger partial charge in [-0.15, -0.1) is 0 Å². The van der Waals surface area contributed by atoms with Crippen LogP contribution in [-0.4, -0.2) is 10.3 Å². The van der Waals surface area contributed by atoms with E-state index in [2.05, 4.69) is 25.1 Å². The molecule has 2 aromatic rings. The van der Waals surface area contributed by atoms with Crippen molar-refractivity contribution in [1.82, 2.24) is 5.16 Å². The van der Waals surface area contributed by atoms with E-state index >= 15 is 0 Å². The van der Waals surface area contributed by atoms with Crippen molar-refractivity contribution in [3.63, 3.8) is 0 Å². The molecule has 0 aliphatic heterocycles. The minimum atomic E-state index is 0.284. The van der Waals surface area contributed by atoms with E-state index in [1.54, 1.807) is 12.1 Å². The standard InChI is InChI=1S/C14H17NO2/c1-8(2)11-5-12(7-13(16)6-11)14-9(3)15-17-10(14)4/h5-8,16H,1-4H3. The highest BCUT2D eigenvalue weighted by Gasteiger charge is 2.13. The highest BCUT2D eigenvalue weighted by atomic mass is 16.5. The van der Waals surface area contributed by atoms with Crippen LogP contribution >= 0.6 is 0 Å². The van der Waals surface area contributed by atoms with Crippen molar-refractivity contribution in [2.45, 2.75) is 33.6 Å². The Kier molecular flexibility index (Phi) is 2.92. The maximum absolute atomic E-state index is 9.77. The van der Waals surface area contributed by atoms with Crippen molar-refractivity contribution in [1.29, 1.82) is 0 Å². The molecule has 90 valence electrons. The third kappa shape index (κ3) is 2.18. The average Bonchev–Trinajstić information content (AvgIpc) is 2.57. The Labute approximate surface area is 101 Å². The molecule has 0 spiro atoms. The summed E-state index contributed by atoms with van der Waals surface area (Å²) in [4.78, 5) is 0. The van der Waals surface area contributed by atoms with Crippen LogP contribution in [-0.2, 0) is 0 Å². The molecule has 0 fully saturated rings. The van der Waals surface area contributed by atoms with Gasteiger partial charge in [-0.05, 0) is 43.0 Å². The maximum atomic E-state index is 9.77. The maximum Gasteiger partial charge on any atom is 0.141 e. The minimum absolute atomic E-state index is 0.284. The predicted molar refractivity (Wildman–Crippen MR) is 67.2 cm³/mol. The molecule has 2 rings (SSSR count). The predicted octanol–water partition coefficient (Wildman–Crippen LogP) is 3.79. The van der Waals surface area contributed by atoms with Crippen LogP contribution in [0.15, 0.2) is 22.7 Å². The molecule has 0 aliphatic carbocycles. The van der Waals surface area contributed by atoms with E-state index in [4.69, 9.17) is 4.52 Å². The number of hydrogen-bond donors (Lipinski definition) is 1. The van der Waals surface area contributed by atoms with Crippen LogP contribution in [0.1, 0.15) is 36.8 Å². The number of aromatic nitrogens is 1. The molecule has 1 aromatic heterocycles. The first-order valence-electron chi connectivity index (χ1n) is 5.76. The molecule has 0 radical (unpaired) electrons. The molecule has 0 aliphatic rings. The second-order valence-corrected chi connectivity index (χ2v) is 4.67. The first-order valence-corrected chi connectivity index (χ1v) is 5.76. The van der Waals surface area contributed by atoms with Crippen LogP contribution in [0.25, 0.3) is 11.1 Å². The molecular weight excluding hydrogens is 214 g/mol. The Hall–Kier alpha value is -1.77. The van der Waals surface area contributed by atoms with Crippen molar-refractivity contribution in [3.8, 4) is 16.9 Å². The molecule has 0 amide bonds. The normalized spacial score (nSPS) is 11.1. The fraction of sp³-hybridized carbons (Fsp3) is 0.357. The van der Waals surface area contributed by atoms with Crippen molar-refractivity contribution >= 4 is 0 Å². The van der Waals surface area contributed by atoms with Gasteiger partial charge in [0, 0.05) is 5.56 Å². The van der Waals surface area contributed by atoms with Crippen LogP contribution in [0.4, 0.5) is 0 Å². The Bertz CT molecular complexity index is 522. The molecular formula is C14H17NO2. The molecule has 3 heteroatoms. The van der Waals surface area contributed by atoms with Gasteiger partial charge in [-0.2, -0.15) is 0 Å². The highest BCUT2D eigenvalue weighted by molar-refractivity contribution is 5.69. The summed E-state index contributed by atoms with van der Waals surface area (Å²) in [6, 6.07) is 5.63. The lowest BCUT2D eigenvalue weighted by Crippen LogP contribution is -1.89. The van der Waals surface area contributed by atoms with E-state index in [9.17, 15) is 5.11 Å². The van der Waals surface area contributed by atoms with E-state index in [-0.39, 0.29) is 5.75 Å². The van der Waals surface area contributed by atoms with Crippen molar-refractivity contribution in [2.75, 3.05) is 0 Å². The number of benzene rings is 1. The topological polar surface area (TPSA) is 46.3 Å². The van der Waals surface area contributed by atoms with E-state index in [0.29, 0.717) is 5.92 Å². The summed E-state index contributed by atoms with van der Waals surface area (Å²) < 4.78 is 5.16. The summed E-state index contributed by atoms with van der Waals surface area (Å²) in [7, 11) is 0. The first kappa shape index (κ1) is 11.7. The monoisotopic (exact) mass is 231 g/mol. The summed E-state index contributed by atoms with van der Waals surface area (Å²) in [5.41, 5.74) is 3.90. The Morgan fingerprint density at radius 1 is 1.18 bits per heavy atom. The van der Waals surface area contributed by atoms with E-state index < -0.39 is 0 Å². The molecule has 1 aromatic carbocycles. The number of aryl methyl sites for hydroxylation is 2. The van der Waals surface area contributed by atoms with Gasteiger partial charge >= 0.3 is 0 Å². The SMILES string of the molecule is Cc1noc(C)c1-c1cc(O)cc(C(C)C)c1. The molecule has 1 heterocycles. The average molecular weight is 231 g/mol. The lowest BCUT2D eigenvalue weighted by Gasteiger charge is -2.09. The van der Waals surface area contributed by atoms with E-state index in [0.717, 1.165) is 28.1 Å². The number of nitrogens with zero attached hydrogens (tertiary/aromatic N) is 1. The first-order chi connectivity index (χ1) is 7.99. The van der Waals surface area contributed by atoms with E-state index in [1.165, 1.54) is 0 Å². The van der Waals surface area contributed by atoms with Crippen LogP contribution in [0.5, 0.6) is 5.75 Å². The molecule has 0 saturated carbocycles. The second kappa shape index (κ2) is 4.24. The fourth-order valence-corrected chi connectivity index (χ4v) is 2.01. The number of aromatic hydroxyl groups is 1. The van der Waals surface area contributed by atoms with Gasteiger partial charge in [0.1, 0.15) is 11.5 Å². The summed E-state index contributed by atoms with van der Waals surface area (Å²) in [5, 5.41) is 13.7. The third-order valence-corrected chi connectivity index (χ3v) is 2.93. The van der Waals surface area contributed by atoms with Crippen LogP contribution in [0.2, 0.25) is 0 Å². The van der Waals surface area contributed by atoms with Gasteiger partial charge in [0.25, 0.3) is 0 Å². The quantitative estimate of drug-likeness (QED) is 0.855. The summed E-state index contributed by atoms with van der Waals surface area (Å²) in [6.07, 6.45) is 0. The van der Waals surface area contributed by atoms with Crippen molar-refractivity contribution < 1.29 is 9.63 Å². The summed E-state index contributed by atoms with van der Waals surface area (Å²) in [6.45, 7) is 8.00. The molecule has 0 atom stereocenters. The zero-order chi connectivity index (χ0) is 12.6. The summed E-state index contributed by atoms with van der Waals surface area (Å²) in [5.74, 6) is 1.44. The lowest BCUT2D eigenvalue weighted by molar-refractivity contribution is 0.393. The van der Waals surface area contributed by atoms with E-state index in [1.807, 2.05) is 13.8 Å². The largest absolute Gasteiger partial charge is 0.508 e. The van der Waals surface area contributed by atoms with Gasteiger partial charge in [-0.1, -0.05) is 25.1 Å². The molecule has 0 unspecified atom stereocenters. The molecule has 3 nitrogen and oxygen atoms in total. The van der Waals surface area contributed by atoms with Gasteiger partial charge in [-0.25, -0.2) is 0 Å².